The highest BCUT2D eigenvalue weighted by molar-refractivity contribution is 6.52. The summed E-state index contributed by atoms with van der Waals surface area (Å²) in [7, 11) is 2.91. The van der Waals surface area contributed by atoms with Gasteiger partial charge in [-0.15, -0.1) is 0 Å². The van der Waals surface area contributed by atoms with E-state index in [4.69, 9.17) is 21.1 Å². The molecule has 2 N–H and O–H groups in total. The molecule has 1 aliphatic rings. The summed E-state index contributed by atoms with van der Waals surface area (Å²) >= 11 is 6.39. The number of para-hydroxylation sites is 1. The molecular formula is C30H27ClN2O5. The summed E-state index contributed by atoms with van der Waals surface area (Å²) in [5, 5.41) is 12.7. The van der Waals surface area contributed by atoms with Gasteiger partial charge in [0.05, 0.1) is 36.4 Å². The molecule has 1 amide bonds. The van der Waals surface area contributed by atoms with E-state index in [1.54, 1.807) is 0 Å². The molecule has 1 aromatic heterocycles. The number of aliphatic hydroxyl groups excluding tert-OH is 1. The van der Waals surface area contributed by atoms with E-state index < -0.39 is 17.7 Å². The average molecular weight is 531 g/mol. The summed E-state index contributed by atoms with van der Waals surface area (Å²) < 4.78 is 10.8. The number of aromatic amines is 1. The third-order valence-electron chi connectivity index (χ3n) is 7.01. The van der Waals surface area contributed by atoms with Gasteiger partial charge in [0.1, 0.15) is 17.3 Å². The number of carbonyl (C=O) groups is 2. The molecule has 5 rings (SSSR count). The number of methoxy groups -OCH3 is 2. The Labute approximate surface area is 225 Å². The van der Waals surface area contributed by atoms with Gasteiger partial charge in [0.2, 0.25) is 0 Å². The van der Waals surface area contributed by atoms with Crippen molar-refractivity contribution in [2.75, 3.05) is 19.1 Å². The molecule has 8 heteroatoms. The van der Waals surface area contributed by atoms with Crippen LogP contribution in [0, 0.1) is 6.92 Å². The summed E-state index contributed by atoms with van der Waals surface area (Å²) in [6.45, 7) is 3.93. The number of aliphatic hydroxyl groups is 1. The zero-order chi connectivity index (χ0) is 27.1. The number of hydrogen-bond acceptors (Lipinski definition) is 5. The van der Waals surface area contributed by atoms with Crippen LogP contribution in [0.25, 0.3) is 16.7 Å². The van der Waals surface area contributed by atoms with E-state index in [1.807, 2.05) is 62.4 Å². The Morgan fingerprint density at radius 3 is 2.37 bits per heavy atom. The monoisotopic (exact) mass is 530 g/mol. The lowest BCUT2D eigenvalue weighted by Crippen LogP contribution is -2.29. The molecule has 0 saturated carbocycles. The van der Waals surface area contributed by atoms with Gasteiger partial charge in [-0.05, 0) is 43.2 Å². The van der Waals surface area contributed by atoms with Crippen LogP contribution in [0.3, 0.4) is 0 Å². The molecule has 0 spiro atoms. The highest BCUT2D eigenvalue weighted by Crippen LogP contribution is 2.47. The summed E-state index contributed by atoms with van der Waals surface area (Å²) in [5.74, 6) is -1.32. The lowest BCUT2D eigenvalue weighted by atomic mass is 9.92. The molecule has 7 nitrogen and oxygen atoms in total. The molecule has 1 atom stereocenters. The zero-order valence-electron chi connectivity index (χ0n) is 21.5. The third kappa shape index (κ3) is 4.00. The number of benzene rings is 3. The zero-order valence-corrected chi connectivity index (χ0v) is 22.2. The number of nitrogens with one attached hydrogen (secondary N) is 1. The number of amides is 1. The fraction of sp³-hybridized carbons (Fsp3) is 0.200. The van der Waals surface area contributed by atoms with E-state index in [-0.39, 0.29) is 27.7 Å². The van der Waals surface area contributed by atoms with E-state index >= 15 is 0 Å². The van der Waals surface area contributed by atoms with Crippen LogP contribution in [-0.2, 0) is 16.0 Å². The van der Waals surface area contributed by atoms with E-state index in [2.05, 4.69) is 4.98 Å². The van der Waals surface area contributed by atoms with Crippen molar-refractivity contribution >= 4 is 45.6 Å². The van der Waals surface area contributed by atoms with Gasteiger partial charge in [-0.1, -0.05) is 48.9 Å². The van der Waals surface area contributed by atoms with Crippen LogP contribution in [0.4, 0.5) is 5.69 Å². The number of ketones is 1. The summed E-state index contributed by atoms with van der Waals surface area (Å²) in [6.07, 6.45) is 0.835. The summed E-state index contributed by atoms with van der Waals surface area (Å²) in [6, 6.07) is 17.3. The van der Waals surface area contributed by atoms with Crippen molar-refractivity contribution in [3.63, 3.8) is 0 Å². The van der Waals surface area contributed by atoms with Gasteiger partial charge in [-0.25, -0.2) is 0 Å². The van der Waals surface area contributed by atoms with E-state index in [0.717, 1.165) is 34.1 Å². The molecule has 4 aromatic rings. The normalized spacial score (nSPS) is 16.9. The Bertz CT molecular complexity index is 1600. The highest BCUT2D eigenvalue weighted by atomic mass is 35.5. The predicted octanol–water partition coefficient (Wildman–Crippen LogP) is 6.34. The fourth-order valence-electron chi connectivity index (χ4n) is 5.11. The molecular weight excluding hydrogens is 504 g/mol. The SMILES string of the molecule is CCc1ccc(N2C(=O)C(=O)/C(=C(/O)c3cc(Cl)c(OC)cc3OC)C2c2c(C)[nH]c3ccccc23)cc1. The number of ether oxygens (including phenoxy) is 2. The lowest BCUT2D eigenvalue weighted by Gasteiger charge is -2.26. The number of H-pyrrole nitrogens is 1. The molecule has 2 heterocycles. The number of hydrogen-bond donors (Lipinski definition) is 2. The topological polar surface area (TPSA) is 91.9 Å². The molecule has 0 bridgehead atoms. The molecule has 194 valence electrons. The number of Topliss-reactive ketones (excluding diaryl/α,β-unsaturated/α-hetero) is 1. The van der Waals surface area contributed by atoms with Crippen molar-refractivity contribution in [1.82, 2.24) is 4.98 Å². The second-order valence-electron chi connectivity index (χ2n) is 9.09. The van der Waals surface area contributed by atoms with Crippen LogP contribution >= 0.6 is 11.6 Å². The van der Waals surface area contributed by atoms with Gasteiger partial charge in [0.25, 0.3) is 11.7 Å². The molecule has 3 aromatic carbocycles. The molecule has 1 fully saturated rings. The number of nitrogens with zero attached hydrogens (tertiary/aromatic N) is 1. The van der Waals surface area contributed by atoms with Crippen molar-refractivity contribution < 1.29 is 24.2 Å². The molecule has 38 heavy (non-hydrogen) atoms. The minimum Gasteiger partial charge on any atom is -0.507 e. The molecule has 1 aliphatic heterocycles. The van der Waals surface area contributed by atoms with Gasteiger partial charge >= 0.3 is 0 Å². The van der Waals surface area contributed by atoms with Crippen molar-refractivity contribution in [3.05, 3.63) is 93.6 Å². The minimum atomic E-state index is -0.899. The smallest absolute Gasteiger partial charge is 0.300 e. The first-order valence-corrected chi connectivity index (χ1v) is 12.6. The van der Waals surface area contributed by atoms with Crippen LogP contribution in [0.2, 0.25) is 5.02 Å². The van der Waals surface area contributed by atoms with Crippen LogP contribution in [0.5, 0.6) is 11.5 Å². The highest BCUT2D eigenvalue weighted by Gasteiger charge is 2.48. The molecule has 0 aliphatic carbocycles. The van der Waals surface area contributed by atoms with Gasteiger partial charge < -0.3 is 19.6 Å². The first kappa shape index (κ1) is 25.4. The average Bonchev–Trinajstić information content (AvgIpc) is 3.39. The Morgan fingerprint density at radius 1 is 1.03 bits per heavy atom. The first-order chi connectivity index (χ1) is 18.3. The van der Waals surface area contributed by atoms with Crippen LogP contribution < -0.4 is 14.4 Å². The van der Waals surface area contributed by atoms with Gasteiger partial charge in [-0.2, -0.15) is 0 Å². The number of rotatable bonds is 6. The second-order valence-corrected chi connectivity index (χ2v) is 9.49. The molecule has 1 saturated heterocycles. The number of carbonyl (C=O) groups excluding carboxylic acids is 2. The quantitative estimate of drug-likeness (QED) is 0.172. The first-order valence-electron chi connectivity index (χ1n) is 12.2. The van der Waals surface area contributed by atoms with Crippen molar-refractivity contribution in [3.8, 4) is 11.5 Å². The second kappa shape index (κ2) is 9.91. The van der Waals surface area contributed by atoms with Gasteiger partial charge in [-0.3, -0.25) is 14.5 Å². The summed E-state index contributed by atoms with van der Waals surface area (Å²) in [4.78, 5) is 32.1. The molecule has 0 radical (unpaired) electrons. The Kier molecular flexibility index (Phi) is 6.63. The van der Waals surface area contributed by atoms with Gasteiger partial charge in [0, 0.05) is 33.9 Å². The maximum atomic E-state index is 13.7. The van der Waals surface area contributed by atoms with Crippen molar-refractivity contribution in [2.24, 2.45) is 0 Å². The van der Waals surface area contributed by atoms with Crippen molar-refractivity contribution in [2.45, 2.75) is 26.3 Å². The fourth-order valence-corrected chi connectivity index (χ4v) is 5.35. The predicted molar refractivity (Wildman–Crippen MR) is 148 cm³/mol. The Hall–Kier alpha value is -4.23. The number of halogens is 1. The molecule has 1 unspecified atom stereocenters. The van der Waals surface area contributed by atoms with Crippen molar-refractivity contribution in [1.29, 1.82) is 0 Å². The van der Waals surface area contributed by atoms with Gasteiger partial charge in [0.15, 0.2) is 0 Å². The van der Waals surface area contributed by atoms with E-state index in [9.17, 15) is 14.7 Å². The van der Waals surface area contributed by atoms with Crippen LogP contribution in [0.1, 0.15) is 35.3 Å². The third-order valence-corrected chi connectivity index (χ3v) is 7.31. The number of aryl methyl sites for hydroxylation is 2. The number of anilines is 1. The summed E-state index contributed by atoms with van der Waals surface area (Å²) in [5.41, 5.74) is 4.14. The van der Waals surface area contributed by atoms with Crippen LogP contribution in [0.15, 0.2) is 66.2 Å². The standard InChI is InChI=1S/C30H27ClN2O5/c1-5-17-10-12-18(13-11-17)33-27(25-16(2)32-22-9-7-6-8-19(22)25)26(29(35)30(33)36)28(34)20-14-21(31)24(38-4)15-23(20)37-3/h6-15,27,32,34H,5H2,1-4H3/b28-26+. The maximum Gasteiger partial charge on any atom is 0.300 e. The minimum absolute atomic E-state index is 0.0537. The number of fused-ring (bicyclic) bond motifs is 1. The van der Waals surface area contributed by atoms with E-state index in [0.29, 0.717) is 11.4 Å². The maximum absolute atomic E-state index is 13.7. The lowest BCUT2D eigenvalue weighted by molar-refractivity contribution is -0.132. The Balaban J connectivity index is 1.82. The number of aromatic nitrogens is 1. The Morgan fingerprint density at radius 2 is 1.71 bits per heavy atom. The van der Waals surface area contributed by atoms with E-state index in [1.165, 1.54) is 31.3 Å². The largest absolute Gasteiger partial charge is 0.507 e. The van der Waals surface area contributed by atoms with Crippen LogP contribution in [-0.4, -0.2) is 36.0 Å².